The van der Waals surface area contributed by atoms with Gasteiger partial charge < -0.3 is 15.8 Å². The minimum atomic E-state index is -0.439. The van der Waals surface area contributed by atoms with Crippen LogP contribution in [-0.4, -0.2) is 30.6 Å². The molecule has 1 aromatic carbocycles. The van der Waals surface area contributed by atoms with Gasteiger partial charge >= 0.3 is 5.97 Å². The lowest BCUT2D eigenvalue weighted by molar-refractivity contribution is 0.0602. The third kappa shape index (κ3) is 3.09. The highest BCUT2D eigenvalue weighted by Crippen LogP contribution is 2.47. The summed E-state index contributed by atoms with van der Waals surface area (Å²) in [5.41, 5.74) is 7.14. The molecule has 104 valence electrons. The van der Waals surface area contributed by atoms with E-state index in [2.05, 4.69) is 11.6 Å². The predicted octanol–water partition coefficient (Wildman–Crippen LogP) is 3.02. The number of esters is 1. The average molecular weight is 301 g/mol. The molecule has 4 nitrogen and oxygen atoms in total. The number of nitrogens with two attached hydrogens (primary N) is 1. The number of rotatable bonds is 5. The molecule has 1 fully saturated rings. The fraction of sp³-hybridized carbons (Fsp3) is 0.462. The van der Waals surface area contributed by atoms with Crippen molar-refractivity contribution < 1.29 is 9.53 Å². The molecule has 0 bridgehead atoms. The standard InChI is InChI=1S/C13H17ClN2O2S/c1-18-12(17)9-5-8(15)6-10(14)11(9)16-7-13(19-2)3-4-13/h5-6,16H,3-4,7,15H2,1-2H3. The molecule has 0 spiro atoms. The minimum absolute atomic E-state index is 0.276. The lowest BCUT2D eigenvalue weighted by Crippen LogP contribution is -2.19. The van der Waals surface area contributed by atoms with Gasteiger partial charge in [-0.05, 0) is 31.2 Å². The summed E-state index contributed by atoms with van der Waals surface area (Å²) in [6, 6.07) is 3.22. The highest BCUT2D eigenvalue weighted by Gasteiger charge is 2.41. The number of benzene rings is 1. The van der Waals surface area contributed by atoms with E-state index in [1.807, 2.05) is 11.8 Å². The number of nitrogen functional groups attached to an aromatic ring is 1. The van der Waals surface area contributed by atoms with Crippen molar-refractivity contribution in [1.82, 2.24) is 0 Å². The van der Waals surface area contributed by atoms with Gasteiger partial charge in [0, 0.05) is 17.0 Å². The highest BCUT2D eigenvalue weighted by atomic mass is 35.5. The Morgan fingerprint density at radius 1 is 1.58 bits per heavy atom. The molecular weight excluding hydrogens is 284 g/mol. The number of halogens is 1. The van der Waals surface area contributed by atoms with Gasteiger partial charge in [-0.1, -0.05) is 11.6 Å². The number of thioether (sulfide) groups is 1. The molecular formula is C13H17ClN2O2S. The van der Waals surface area contributed by atoms with E-state index >= 15 is 0 Å². The molecule has 6 heteroatoms. The monoisotopic (exact) mass is 300 g/mol. The molecule has 1 aliphatic carbocycles. The number of carbonyl (C=O) groups excluding carboxylic acids is 1. The first-order valence-electron chi connectivity index (χ1n) is 5.98. The quantitative estimate of drug-likeness (QED) is 0.646. The number of carbonyl (C=O) groups is 1. The zero-order valence-corrected chi connectivity index (χ0v) is 12.5. The van der Waals surface area contributed by atoms with Crippen LogP contribution in [0.15, 0.2) is 12.1 Å². The Kier molecular flexibility index (Phi) is 4.16. The zero-order valence-electron chi connectivity index (χ0n) is 11.0. The van der Waals surface area contributed by atoms with Crippen molar-refractivity contribution in [2.45, 2.75) is 17.6 Å². The Morgan fingerprint density at radius 3 is 2.79 bits per heavy atom. The van der Waals surface area contributed by atoms with Crippen molar-refractivity contribution in [1.29, 1.82) is 0 Å². The van der Waals surface area contributed by atoms with Crippen LogP contribution in [0.5, 0.6) is 0 Å². The fourth-order valence-electron chi connectivity index (χ4n) is 1.92. The van der Waals surface area contributed by atoms with E-state index in [1.54, 1.807) is 12.1 Å². The van der Waals surface area contributed by atoms with Crippen LogP contribution >= 0.6 is 23.4 Å². The number of nitrogens with one attached hydrogen (secondary N) is 1. The SMILES string of the molecule is COC(=O)c1cc(N)cc(Cl)c1NCC1(SC)CC1. The Balaban J connectivity index is 2.25. The van der Waals surface area contributed by atoms with E-state index in [0.29, 0.717) is 22.0 Å². The lowest BCUT2D eigenvalue weighted by Gasteiger charge is -2.17. The maximum atomic E-state index is 11.8. The second-order valence-electron chi connectivity index (χ2n) is 4.66. The molecule has 1 aliphatic rings. The molecule has 0 aromatic heterocycles. The van der Waals surface area contributed by atoms with E-state index < -0.39 is 5.97 Å². The van der Waals surface area contributed by atoms with Crippen LogP contribution in [-0.2, 0) is 4.74 Å². The van der Waals surface area contributed by atoms with Gasteiger partial charge in [-0.25, -0.2) is 4.79 Å². The summed E-state index contributed by atoms with van der Waals surface area (Å²) in [5.74, 6) is -0.439. The maximum Gasteiger partial charge on any atom is 0.340 e. The number of methoxy groups -OCH3 is 1. The fourth-order valence-corrected chi connectivity index (χ4v) is 2.94. The molecule has 0 atom stereocenters. The van der Waals surface area contributed by atoms with Crippen molar-refractivity contribution in [2.75, 3.05) is 31.0 Å². The first-order valence-corrected chi connectivity index (χ1v) is 7.58. The Labute approximate surface area is 122 Å². The summed E-state index contributed by atoms with van der Waals surface area (Å²) >= 11 is 8.01. The molecule has 0 unspecified atom stereocenters. The second kappa shape index (κ2) is 5.51. The Morgan fingerprint density at radius 2 is 2.26 bits per heavy atom. The summed E-state index contributed by atoms with van der Waals surface area (Å²) < 4.78 is 5.04. The third-order valence-electron chi connectivity index (χ3n) is 3.35. The highest BCUT2D eigenvalue weighted by molar-refractivity contribution is 8.00. The van der Waals surface area contributed by atoms with Crippen LogP contribution in [0.1, 0.15) is 23.2 Å². The van der Waals surface area contributed by atoms with Crippen LogP contribution in [0, 0.1) is 0 Å². The van der Waals surface area contributed by atoms with Crippen LogP contribution in [0.2, 0.25) is 5.02 Å². The van der Waals surface area contributed by atoms with E-state index in [4.69, 9.17) is 22.1 Å². The lowest BCUT2D eigenvalue weighted by atomic mass is 10.1. The van der Waals surface area contributed by atoms with Crippen molar-refractivity contribution in [3.8, 4) is 0 Å². The summed E-state index contributed by atoms with van der Waals surface area (Å²) in [4.78, 5) is 11.8. The van der Waals surface area contributed by atoms with Gasteiger partial charge in [0.15, 0.2) is 0 Å². The topological polar surface area (TPSA) is 64.3 Å². The third-order valence-corrected chi connectivity index (χ3v) is 5.06. The number of hydrogen-bond acceptors (Lipinski definition) is 5. The van der Waals surface area contributed by atoms with Crippen LogP contribution in [0.3, 0.4) is 0 Å². The van der Waals surface area contributed by atoms with Crippen LogP contribution < -0.4 is 11.1 Å². The number of anilines is 2. The molecule has 2 rings (SSSR count). The summed E-state index contributed by atoms with van der Waals surface area (Å²) in [6.07, 6.45) is 4.46. The molecule has 1 saturated carbocycles. The second-order valence-corrected chi connectivity index (χ2v) is 6.34. The van der Waals surface area contributed by atoms with Crippen molar-refractivity contribution >= 4 is 40.7 Å². The molecule has 0 radical (unpaired) electrons. The number of ether oxygens (including phenoxy) is 1. The van der Waals surface area contributed by atoms with E-state index in [1.165, 1.54) is 20.0 Å². The van der Waals surface area contributed by atoms with Gasteiger partial charge in [-0.15, -0.1) is 0 Å². The van der Waals surface area contributed by atoms with Gasteiger partial charge in [0.05, 0.1) is 23.4 Å². The molecule has 1 aromatic rings. The number of hydrogen-bond donors (Lipinski definition) is 2. The van der Waals surface area contributed by atoms with Gasteiger partial charge in [0.1, 0.15) is 0 Å². The molecule has 3 N–H and O–H groups in total. The Bertz CT molecular complexity index is 504. The van der Waals surface area contributed by atoms with Gasteiger partial charge in [0.2, 0.25) is 0 Å². The van der Waals surface area contributed by atoms with E-state index in [9.17, 15) is 4.79 Å². The molecule has 0 saturated heterocycles. The Hall–Kier alpha value is -1.07. The molecule has 0 aliphatic heterocycles. The van der Waals surface area contributed by atoms with Gasteiger partial charge in [0.25, 0.3) is 0 Å². The molecule has 19 heavy (non-hydrogen) atoms. The average Bonchev–Trinajstić information content (AvgIpc) is 3.16. The zero-order chi connectivity index (χ0) is 14.0. The summed E-state index contributed by atoms with van der Waals surface area (Å²) in [7, 11) is 1.34. The first-order chi connectivity index (χ1) is 9.01. The van der Waals surface area contributed by atoms with Crippen molar-refractivity contribution in [2.24, 2.45) is 0 Å². The molecule has 0 heterocycles. The van der Waals surface area contributed by atoms with Gasteiger partial charge in [-0.2, -0.15) is 11.8 Å². The first kappa shape index (κ1) is 14.3. The normalized spacial score (nSPS) is 15.9. The predicted molar refractivity (Wildman–Crippen MR) is 81.2 cm³/mol. The summed E-state index contributed by atoms with van der Waals surface area (Å²) in [5, 5.41) is 3.71. The van der Waals surface area contributed by atoms with Crippen LogP contribution in [0.4, 0.5) is 11.4 Å². The molecule has 0 amide bonds. The smallest absolute Gasteiger partial charge is 0.340 e. The largest absolute Gasteiger partial charge is 0.465 e. The summed E-state index contributed by atoms with van der Waals surface area (Å²) in [6.45, 7) is 0.780. The van der Waals surface area contributed by atoms with Crippen LogP contribution in [0.25, 0.3) is 0 Å². The maximum absolute atomic E-state index is 11.8. The minimum Gasteiger partial charge on any atom is -0.465 e. The van der Waals surface area contributed by atoms with Crippen molar-refractivity contribution in [3.05, 3.63) is 22.7 Å². The van der Waals surface area contributed by atoms with Crippen molar-refractivity contribution in [3.63, 3.8) is 0 Å². The van der Waals surface area contributed by atoms with E-state index in [-0.39, 0.29) is 4.75 Å². The van der Waals surface area contributed by atoms with Gasteiger partial charge in [-0.3, -0.25) is 0 Å². The van der Waals surface area contributed by atoms with E-state index in [0.717, 1.165) is 6.54 Å².